The second-order valence-corrected chi connectivity index (χ2v) is 2.70. The van der Waals surface area contributed by atoms with Gasteiger partial charge in [0.1, 0.15) is 0 Å². The van der Waals surface area contributed by atoms with E-state index in [1.807, 2.05) is 24.4 Å². The smallest absolute Gasteiger partial charge is 0.0175 e. The van der Waals surface area contributed by atoms with Crippen LogP contribution in [0, 0.1) is 12.8 Å². The number of hydrogen-bond acceptors (Lipinski definition) is 1. The van der Waals surface area contributed by atoms with Crippen LogP contribution in [0.2, 0.25) is 0 Å². The van der Waals surface area contributed by atoms with Crippen molar-refractivity contribution in [3.8, 4) is 0 Å². The minimum absolute atomic E-state index is 0.516. The van der Waals surface area contributed by atoms with Gasteiger partial charge in [0, 0.05) is 11.9 Å². The van der Waals surface area contributed by atoms with Crippen LogP contribution < -0.4 is 5.32 Å². The van der Waals surface area contributed by atoms with E-state index in [-0.39, 0.29) is 0 Å². The summed E-state index contributed by atoms with van der Waals surface area (Å²) in [6.07, 6.45) is 11.0. The zero-order valence-corrected chi connectivity index (χ0v) is 6.88. The van der Waals surface area contributed by atoms with Crippen LogP contribution in [0.4, 0.5) is 0 Å². The van der Waals surface area contributed by atoms with Gasteiger partial charge in [0.25, 0.3) is 0 Å². The largest absolute Gasteiger partial charge is 0.365 e. The van der Waals surface area contributed by atoms with Crippen molar-refractivity contribution in [1.82, 2.24) is 5.32 Å². The minimum atomic E-state index is 0.516. The molecule has 1 nitrogen and oxygen atoms in total. The van der Waals surface area contributed by atoms with Crippen molar-refractivity contribution in [1.29, 1.82) is 0 Å². The van der Waals surface area contributed by atoms with Crippen molar-refractivity contribution >= 4 is 0 Å². The van der Waals surface area contributed by atoms with Gasteiger partial charge in [0.05, 0.1) is 0 Å². The molecule has 1 N–H and O–H groups in total. The van der Waals surface area contributed by atoms with Crippen LogP contribution >= 0.6 is 0 Å². The molecule has 0 aromatic heterocycles. The fraction of sp³-hybridized carbons (Fsp3) is 0.300. The Morgan fingerprint density at radius 3 is 3.00 bits per heavy atom. The first-order valence-corrected chi connectivity index (χ1v) is 3.93. The molecule has 0 bridgehead atoms. The zero-order chi connectivity index (χ0) is 8.10. The lowest BCUT2D eigenvalue weighted by Gasteiger charge is -2.12. The highest BCUT2D eigenvalue weighted by molar-refractivity contribution is 5.22. The van der Waals surface area contributed by atoms with E-state index in [2.05, 4.69) is 25.2 Å². The third-order valence-electron chi connectivity index (χ3n) is 1.81. The maximum absolute atomic E-state index is 3.86. The van der Waals surface area contributed by atoms with Gasteiger partial charge in [-0.15, -0.1) is 0 Å². The summed E-state index contributed by atoms with van der Waals surface area (Å²) >= 11 is 0. The highest BCUT2D eigenvalue weighted by Gasteiger charge is 2.03. The van der Waals surface area contributed by atoms with Crippen molar-refractivity contribution < 1.29 is 0 Å². The molecule has 1 heterocycles. The summed E-state index contributed by atoms with van der Waals surface area (Å²) in [7, 11) is 0. The molecule has 0 aromatic rings. The first-order valence-electron chi connectivity index (χ1n) is 3.93. The van der Waals surface area contributed by atoms with E-state index < -0.39 is 0 Å². The van der Waals surface area contributed by atoms with E-state index in [1.54, 1.807) is 0 Å². The van der Waals surface area contributed by atoms with Gasteiger partial charge >= 0.3 is 0 Å². The van der Waals surface area contributed by atoms with E-state index in [0.717, 1.165) is 6.42 Å². The number of rotatable bonds is 2. The summed E-state index contributed by atoms with van der Waals surface area (Å²) in [6.45, 7) is 6.03. The first-order chi connectivity index (χ1) is 5.34. The SMILES string of the molecule is [CH2]CC(C)C1=CC=CC=CN1. The maximum atomic E-state index is 3.86. The fourth-order valence-electron chi connectivity index (χ4n) is 0.933. The van der Waals surface area contributed by atoms with Crippen molar-refractivity contribution in [2.45, 2.75) is 13.3 Å². The standard InChI is InChI=1S/C10H14N/c1-3-9(2)10-7-5-4-6-8-11-10/h4-9,11H,1,3H2,2H3. The van der Waals surface area contributed by atoms with Crippen LogP contribution in [0.1, 0.15) is 13.3 Å². The molecular weight excluding hydrogens is 134 g/mol. The van der Waals surface area contributed by atoms with Gasteiger partial charge in [-0.25, -0.2) is 0 Å². The molecule has 1 aliphatic heterocycles. The molecule has 1 heteroatoms. The summed E-state index contributed by atoms with van der Waals surface area (Å²) in [4.78, 5) is 0. The average molecular weight is 148 g/mol. The maximum Gasteiger partial charge on any atom is 0.0175 e. The summed E-state index contributed by atoms with van der Waals surface area (Å²) in [5.74, 6) is 0.516. The first kappa shape index (κ1) is 8.12. The van der Waals surface area contributed by atoms with Crippen molar-refractivity contribution in [3.05, 3.63) is 43.1 Å². The van der Waals surface area contributed by atoms with Crippen LogP contribution in [-0.2, 0) is 0 Å². The third kappa shape index (κ3) is 2.26. The molecule has 0 saturated carbocycles. The van der Waals surface area contributed by atoms with Gasteiger partial charge in [-0.3, -0.25) is 0 Å². The van der Waals surface area contributed by atoms with Crippen LogP contribution in [0.3, 0.4) is 0 Å². The Hall–Kier alpha value is -0.980. The molecule has 0 spiro atoms. The summed E-state index contributed by atoms with van der Waals surface area (Å²) in [5.41, 5.74) is 1.24. The molecule has 59 valence electrons. The van der Waals surface area contributed by atoms with Crippen LogP contribution in [0.15, 0.2) is 36.2 Å². The molecule has 1 rings (SSSR count). The lowest BCUT2D eigenvalue weighted by Crippen LogP contribution is -2.11. The van der Waals surface area contributed by atoms with Crippen molar-refractivity contribution in [2.75, 3.05) is 0 Å². The molecule has 1 atom stereocenters. The molecular formula is C10H14N. The Balaban J connectivity index is 2.64. The Morgan fingerprint density at radius 1 is 1.45 bits per heavy atom. The van der Waals surface area contributed by atoms with Gasteiger partial charge in [-0.2, -0.15) is 0 Å². The van der Waals surface area contributed by atoms with Gasteiger partial charge in [-0.05, 0) is 24.5 Å². The Bertz CT molecular complexity index is 199. The molecule has 0 fully saturated rings. The van der Waals surface area contributed by atoms with Crippen molar-refractivity contribution in [3.63, 3.8) is 0 Å². The van der Waals surface area contributed by atoms with Crippen molar-refractivity contribution in [2.24, 2.45) is 5.92 Å². The molecule has 1 aliphatic rings. The lowest BCUT2D eigenvalue weighted by molar-refractivity contribution is 0.653. The number of allylic oxidation sites excluding steroid dienone is 5. The lowest BCUT2D eigenvalue weighted by atomic mass is 10.0. The molecule has 1 radical (unpaired) electrons. The molecule has 0 amide bonds. The van der Waals surface area contributed by atoms with Gasteiger partial charge in [-0.1, -0.05) is 26.0 Å². The third-order valence-corrected chi connectivity index (χ3v) is 1.81. The predicted octanol–water partition coefficient (Wildman–Crippen LogP) is 2.40. The fourth-order valence-corrected chi connectivity index (χ4v) is 0.933. The van der Waals surface area contributed by atoms with E-state index >= 15 is 0 Å². The van der Waals surface area contributed by atoms with Crippen LogP contribution in [0.5, 0.6) is 0 Å². The topological polar surface area (TPSA) is 12.0 Å². The minimum Gasteiger partial charge on any atom is -0.365 e. The Labute approximate surface area is 68.5 Å². The van der Waals surface area contributed by atoms with Crippen LogP contribution in [0.25, 0.3) is 0 Å². The second kappa shape index (κ2) is 4.02. The number of hydrogen-bond donors (Lipinski definition) is 1. The van der Waals surface area contributed by atoms with E-state index in [4.69, 9.17) is 0 Å². The average Bonchev–Trinajstić information content (AvgIpc) is 2.30. The van der Waals surface area contributed by atoms with E-state index in [9.17, 15) is 0 Å². The highest BCUT2D eigenvalue weighted by Crippen LogP contribution is 2.12. The molecule has 11 heavy (non-hydrogen) atoms. The molecule has 0 aliphatic carbocycles. The molecule has 0 aromatic carbocycles. The Kier molecular flexibility index (Phi) is 2.96. The van der Waals surface area contributed by atoms with Gasteiger partial charge in [0.15, 0.2) is 0 Å². The normalized spacial score (nSPS) is 18.5. The Morgan fingerprint density at radius 2 is 2.27 bits per heavy atom. The summed E-state index contributed by atoms with van der Waals surface area (Å²) in [5, 5.41) is 3.21. The van der Waals surface area contributed by atoms with Crippen LogP contribution in [-0.4, -0.2) is 0 Å². The molecule has 1 unspecified atom stereocenters. The van der Waals surface area contributed by atoms with E-state index in [0.29, 0.717) is 5.92 Å². The number of nitrogens with one attached hydrogen (secondary N) is 1. The highest BCUT2D eigenvalue weighted by atomic mass is 14.9. The van der Waals surface area contributed by atoms with E-state index in [1.165, 1.54) is 5.70 Å². The second-order valence-electron chi connectivity index (χ2n) is 2.70. The van der Waals surface area contributed by atoms with Gasteiger partial charge in [0.2, 0.25) is 0 Å². The van der Waals surface area contributed by atoms with Gasteiger partial charge < -0.3 is 5.32 Å². The predicted molar refractivity (Wildman–Crippen MR) is 48.6 cm³/mol. The zero-order valence-electron chi connectivity index (χ0n) is 6.88. The summed E-state index contributed by atoms with van der Waals surface area (Å²) in [6, 6.07) is 0. The summed E-state index contributed by atoms with van der Waals surface area (Å²) < 4.78 is 0. The monoisotopic (exact) mass is 148 g/mol. The molecule has 0 saturated heterocycles. The quantitative estimate of drug-likeness (QED) is 0.634.